The van der Waals surface area contributed by atoms with Crippen LogP contribution in [-0.4, -0.2) is 46.2 Å². The number of benzene rings is 1. The van der Waals surface area contributed by atoms with Crippen molar-refractivity contribution < 1.29 is 28.7 Å². The van der Waals surface area contributed by atoms with Gasteiger partial charge in [0.2, 0.25) is 11.8 Å². The molecule has 2 heterocycles. The van der Waals surface area contributed by atoms with Crippen LogP contribution in [0.2, 0.25) is 0 Å². The normalized spacial score (nSPS) is 24.9. The number of nitrogens with zero attached hydrogens (tertiary/aromatic N) is 4. The van der Waals surface area contributed by atoms with Crippen molar-refractivity contribution >= 4 is 22.6 Å². The Labute approximate surface area is 194 Å². The zero-order chi connectivity index (χ0) is 24.1. The van der Waals surface area contributed by atoms with Crippen molar-refractivity contribution in [1.82, 2.24) is 15.0 Å². The first-order chi connectivity index (χ1) is 16.3. The predicted molar refractivity (Wildman–Crippen MR) is 118 cm³/mol. The second kappa shape index (κ2) is 7.79. The van der Waals surface area contributed by atoms with Gasteiger partial charge in [0.05, 0.1) is 30.6 Å². The maximum atomic E-state index is 13.5. The first kappa shape index (κ1) is 21.8. The average Bonchev–Trinajstić information content (AvgIpc) is 3.38. The number of pyridine rings is 1. The monoisotopic (exact) mass is 466 g/mol. The number of hydrogen-bond acceptors (Lipinski definition) is 10. The second-order valence-corrected chi connectivity index (χ2v) is 8.72. The number of aromatic nitrogens is 3. The van der Waals surface area contributed by atoms with Crippen LogP contribution in [0.15, 0.2) is 36.5 Å². The third kappa shape index (κ3) is 3.27. The Morgan fingerprint density at radius 1 is 1.18 bits per heavy atom. The molecule has 0 radical (unpaired) electrons. The lowest BCUT2D eigenvalue weighted by molar-refractivity contribution is -0.383. The summed E-state index contributed by atoms with van der Waals surface area (Å²) in [7, 11) is 2.95. The molecule has 0 saturated heterocycles. The Morgan fingerprint density at radius 2 is 1.91 bits per heavy atom. The standard InChI is InChI=1S/C23H22N4O7/c1-22-9-8-16(34-21-25-17(31-2)11-18(26-21)32-3)23(22,12-22)20(28)33-15-7-6-14(27(29)30)13-5-4-10-24-19(13)15/h4-7,10-11,16H,8-9,12H2,1-3H3. The van der Waals surface area contributed by atoms with E-state index in [0.29, 0.717) is 18.2 Å². The molecule has 1 aromatic carbocycles. The first-order valence-electron chi connectivity index (χ1n) is 10.7. The topological polar surface area (TPSA) is 136 Å². The molecule has 2 aliphatic carbocycles. The van der Waals surface area contributed by atoms with Crippen LogP contribution in [0.3, 0.4) is 0 Å². The van der Waals surface area contributed by atoms with Crippen molar-refractivity contribution in [1.29, 1.82) is 0 Å². The Kier molecular flexibility index (Phi) is 4.99. The maximum absolute atomic E-state index is 13.5. The van der Waals surface area contributed by atoms with E-state index in [-0.39, 0.29) is 40.1 Å². The van der Waals surface area contributed by atoms with E-state index in [1.807, 2.05) is 6.92 Å². The molecule has 11 heteroatoms. The fourth-order valence-electron chi connectivity index (χ4n) is 5.03. The highest BCUT2D eigenvalue weighted by Gasteiger charge is 2.78. The summed E-state index contributed by atoms with van der Waals surface area (Å²) in [5.74, 6) is 0.254. The zero-order valence-corrected chi connectivity index (χ0v) is 18.8. The number of esters is 1. The van der Waals surface area contributed by atoms with Crippen LogP contribution < -0.4 is 18.9 Å². The second-order valence-electron chi connectivity index (χ2n) is 8.72. The van der Waals surface area contributed by atoms with Crippen molar-refractivity contribution in [3.05, 3.63) is 46.6 Å². The third-order valence-electron chi connectivity index (χ3n) is 6.93. The van der Waals surface area contributed by atoms with Gasteiger partial charge in [-0.05, 0) is 42.9 Å². The summed E-state index contributed by atoms with van der Waals surface area (Å²) in [4.78, 5) is 37.1. The summed E-state index contributed by atoms with van der Waals surface area (Å²) < 4.78 is 22.3. The van der Waals surface area contributed by atoms with Gasteiger partial charge in [-0.3, -0.25) is 19.9 Å². The van der Waals surface area contributed by atoms with E-state index >= 15 is 0 Å². The minimum atomic E-state index is -0.893. The molecule has 3 atom stereocenters. The SMILES string of the molecule is COc1cc(OC)nc(OC2CCC3(C)CC23C(=O)Oc2ccc([N+](=O)[O-])c3cccnc23)n1. The highest BCUT2D eigenvalue weighted by molar-refractivity contribution is 5.95. The van der Waals surface area contributed by atoms with E-state index in [4.69, 9.17) is 18.9 Å². The van der Waals surface area contributed by atoms with E-state index in [0.717, 1.165) is 6.42 Å². The molecule has 11 nitrogen and oxygen atoms in total. The number of methoxy groups -OCH3 is 2. The van der Waals surface area contributed by atoms with Crippen LogP contribution in [0.4, 0.5) is 5.69 Å². The molecule has 3 unspecified atom stereocenters. The molecule has 2 aromatic heterocycles. The number of ether oxygens (including phenoxy) is 4. The van der Waals surface area contributed by atoms with Crippen LogP contribution in [0, 0.1) is 20.9 Å². The zero-order valence-electron chi connectivity index (χ0n) is 18.8. The number of nitro groups is 1. The number of rotatable bonds is 7. The molecule has 0 bridgehead atoms. The molecule has 2 aliphatic rings. The van der Waals surface area contributed by atoms with Crippen molar-refractivity contribution in [2.75, 3.05) is 14.2 Å². The smallest absolute Gasteiger partial charge is 0.323 e. The molecule has 34 heavy (non-hydrogen) atoms. The Balaban J connectivity index is 1.45. The van der Waals surface area contributed by atoms with E-state index in [1.54, 1.807) is 12.1 Å². The quantitative estimate of drug-likeness (QED) is 0.220. The molecule has 2 saturated carbocycles. The van der Waals surface area contributed by atoms with Gasteiger partial charge in [-0.25, -0.2) is 0 Å². The van der Waals surface area contributed by atoms with Gasteiger partial charge in [0.1, 0.15) is 17.0 Å². The largest absolute Gasteiger partial charge is 0.481 e. The van der Waals surface area contributed by atoms with Gasteiger partial charge in [-0.1, -0.05) is 6.92 Å². The summed E-state index contributed by atoms with van der Waals surface area (Å²) in [6.45, 7) is 2.02. The Bertz CT molecular complexity index is 1290. The van der Waals surface area contributed by atoms with E-state index in [1.165, 1.54) is 38.6 Å². The van der Waals surface area contributed by atoms with E-state index in [2.05, 4.69) is 15.0 Å². The van der Waals surface area contributed by atoms with Crippen LogP contribution in [-0.2, 0) is 4.79 Å². The summed E-state index contributed by atoms with van der Waals surface area (Å²) in [5, 5.41) is 11.7. The Morgan fingerprint density at radius 3 is 2.56 bits per heavy atom. The van der Waals surface area contributed by atoms with Crippen LogP contribution in [0.1, 0.15) is 26.2 Å². The van der Waals surface area contributed by atoms with Gasteiger partial charge in [-0.15, -0.1) is 0 Å². The molecule has 176 valence electrons. The third-order valence-corrected chi connectivity index (χ3v) is 6.93. The number of carbonyl (C=O) groups excluding carboxylic acids is 1. The predicted octanol–water partition coefficient (Wildman–Crippen LogP) is 3.49. The molecule has 0 amide bonds. The number of nitro benzene ring substituents is 1. The van der Waals surface area contributed by atoms with Gasteiger partial charge < -0.3 is 18.9 Å². The lowest BCUT2D eigenvalue weighted by atomic mass is 9.96. The van der Waals surface area contributed by atoms with Crippen LogP contribution in [0.25, 0.3) is 10.9 Å². The number of hydrogen-bond donors (Lipinski definition) is 0. The summed E-state index contributed by atoms with van der Waals surface area (Å²) in [6, 6.07) is 7.47. The summed E-state index contributed by atoms with van der Waals surface area (Å²) in [5.41, 5.74) is -1.04. The van der Waals surface area contributed by atoms with Gasteiger partial charge in [0.15, 0.2) is 5.75 Å². The first-order valence-corrected chi connectivity index (χ1v) is 10.7. The van der Waals surface area contributed by atoms with Crippen molar-refractivity contribution in [3.63, 3.8) is 0 Å². The highest BCUT2D eigenvalue weighted by Crippen LogP contribution is 2.74. The minimum absolute atomic E-state index is 0.0481. The summed E-state index contributed by atoms with van der Waals surface area (Å²) >= 11 is 0. The molecular formula is C23H22N4O7. The molecule has 0 spiro atoms. The van der Waals surface area contributed by atoms with Crippen molar-refractivity contribution in [3.8, 4) is 23.5 Å². The number of carbonyl (C=O) groups is 1. The van der Waals surface area contributed by atoms with Crippen molar-refractivity contribution in [2.24, 2.45) is 10.8 Å². The van der Waals surface area contributed by atoms with Crippen LogP contribution >= 0.6 is 0 Å². The molecule has 2 fully saturated rings. The van der Waals surface area contributed by atoms with Gasteiger partial charge >= 0.3 is 12.0 Å². The molecule has 5 rings (SSSR count). The lowest BCUT2D eigenvalue weighted by Crippen LogP contribution is -2.37. The molecule has 0 aliphatic heterocycles. The van der Waals surface area contributed by atoms with E-state index < -0.39 is 22.4 Å². The van der Waals surface area contributed by atoms with Gasteiger partial charge in [-0.2, -0.15) is 9.97 Å². The van der Waals surface area contributed by atoms with Crippen LogP contribution in [0.5, 0.6) is 23.5 Å². The highest BCUT2D eigenvalue weighted by atomic mass is 16.6. The average molecular weight is 466 g/mol. The fourth-order valence-corrected chi connectivity index (χ4v) is 5.03. The minimum Gasteiger partial charge on any atom is -0.481 e. The maximum Gasteiger partial charge on any atom is 0.323 e. The summed E-state index contributed by atoms with van der Waals surface area (Å²) in [6.07, 6.45) is 2.96. The fraction of sp³-hybridized carbons (Fsp3) is 0.391. The van der Waals surface area contributed by atoms with Gasteiger partial charge in [0.25, 0.3) is 5.69 Å². The lowest BCUT2D eigenvalue weighted by Gasteiger charge is -2.23. The number of fused-ring (bicyclic) bond motifs is 2. The molecule has 0 N–H and O–H groups in total. The Hall–Kier alpha value is -4.02. The van der Waals surface area contributed by atoms with Crippen molar-refractivity contribution in [2.45, 2.75) is 32.3 Å². The molecular weight excluding hydrogens is 444 g/mol. The molecule has 3 aromatic rings. The number of non-ortho nitro benzene ring substituents is 1. The van der Waals surface area contributed by atoms with Gasteiger partial charge in [0, 0.05) is 12.3 Å². The van der Waals surface area contributed by atoms with E-state index in [9.17, 15) is 14.9 Å².